The van der Waals surface area contributed by atoms with Crippen molar-refractivity contribution in [3.8, 4) is 10.9 Å². The summed E-state index contributed by atoms with van der Waals surface area (Å²) in [4.78, 5) is 0. The van der Waals surface area contributed by atoms with E-state index < -0.39 is 0 Å². The molecule has 108 valence electrons. The number of hydrogen-bond donors (Lipinski definition) is 1. The monoisotopic (exact) mass is 295 g/mol. The Balaban J connectivity index is 2.02. The lowest BCUT2D eigenvalue weighted by atomic mass is 10.1. The second-order valence-corrected chi connectivity index (χ2v) is 6.60. The molecule has 2 aromatic rings. The van der Waals surface area contributed by atoms with Crippen LogP contribution >= 0.6 is 11.3 Å². The average molecular weight is 295 g/mol. The fourth-order valence-electron chi connectivity index (χ4n) is 1.51. The van der Waals surface area contributed by atoms with Crippen LogP contribution in [0.25, 0.3) is 0 Å². The largest absolute Gasteiger partial charge is 0.430 e. The van der Waals surface area contributed by atoms with E-state index >= 15 is 0 Å². The van der Waals surface area contributed by atoms with E-state index in [0.29, 0.717) is 17.5 Å². The molecular weight excluding hydrogens is 277 g/mol. The number of ether oxygens (including phenoxy) is 1. The highest BCUT2D eigenvalue weighted by atomic mass is 32.1. The molecule has 0 aliphatic carbocycles. The lowest BCUT2D eigenvalue weighted by molar-refractivity contribution is 0.422. The molecule has 1 heterocycles. The van der Waals surface area contributed by atoms with Gasteiger partial charge in [0.1, 0.15) is 16.6 Å². The zero-order chi connectivity index (χ0) is 14.8. The standard InChI is InChI=1S/C14H18FN3OS/c1-9-7-10(15)5-6-11(9)19-13-18-17-12(20-13)8-16-14(2,3)4/h5-7,16H,8H2,1-4H3. The third-order valence-electron chi connectivity index (χ3n) is 2.55. The zero-order valence-corrected chi connectivity index (χ0v) is 12.8. The maximum Gasteiger partial charge on any atom is 0.299 e. The van der Waals surface area contributed by atoms with Gasteiger partial charge in [0.15, 0.2) is 0 Å². The molecule has 0 amide bonds. The summed E-state index contributed by atoms with van der Waals surface area (Å²) in [6.07, 6.45) is 0. The smallest absolute Gasteiger partial charge is 0.299 e. The number of nitrogens with one attached hydrogen (secondary N) is 1. The average Bonchev–Trinajstić information content (AvgIpc) is 2.77. The van der Waals surface area contributed by atoms with Gasteiger partial charge >= 0.3 is 0 Å². The van der Waals surface area contributed by atoms with Gasteiger partial charge in [0.05, 0.1) is 6.54 Å². The Labute approximate surface area is 122 Å². The molecule has 6 heteroatoms. The number of hydrogen-bond acceptors (Lipinski definition) is 5. The molecular formula is C14H18FN3OS. The molecule has 0 bridgehead atoms. The minimum Gasteiger partial charge on any atom is -0.430 e. The molecule has 0 aliphatic rings. The van der Waals surface area contributed by atoms with Gasteiger partial charge in [-0.1, -0.05) is 16.4 Å². The third kappa shape index (κ3) is 4.25. The first kappa shape index (κ1) is 14.9. The molecule has 1 aromatic heterocycles. The van der Waals surface area contributed by atoms with E-state index in [-0.39, 0.29) is 11.4 Å². The number of benzene rings is 1. The van der Waals surface area contributed by atoms with Gasteiger partial charge in [0, 0.05) is 5.54 Å². The minimum absolute atomic E-state index is 0.0280. The van der Waals surface area contributed by atoms with E-state index in [0.717, 1.165) is 10.6 Å². The second-order valence-electron chi connectivity index (χ2n) is 5.58. The normalized spacial score (nSPS) is 11.7. The van der Waals surface area contributed by atoms with Crippen molar-refractivity contribution < 1.29 is 9.13 Å². The van der Waals surface area contributed by atoms with Crippen LogP contribution in [0.3, 0.4) is 0 Å². The van der Waals surface area contributed by atoms with Gasteiger partial charge in [0.2, 0.25) is 0 Å². The van der Waals surface area contributed by atoms with Crippen LogP contribution in [0.5, 0.6) is 10.9 Å². The van der Waals surface area contributed by atoms with Gasteiger partial charge in [0.25, 0.3) is 5.19 Å². The molecule has 0 fully saturated rings. The topological polar surface area (TPSA) is 47.0 Å². The van der Waals surface area contributed by atoms with Crippen molar-refractivity contribution in [2.45, 2.75) is 39.8 Å². The van der Waals surface area contributed by atoms with Gasteiger partial charge < -0.3 is 10.1 Å². The number of aryl methyl sites for hydroxylation is 1. The Morgan fingerprint density at radius 3 is 2.70 bits per heavy atom. The molecule has 1 aromatic carbocycles. The first-order valence-corrected chi connectivity index (χ1v) is 7.16. The summed E-state index contributed by atoms with van der Waals surface area (Å²) in [7, 11) is 0. The molecule has 2 rings (SSSR count). The highest BCUT2D eigenvalue weighted by Gasteiger charge is 2.12. The molecule has 0 aliphatic heterocycles. The van der Waals surface area contributed by atoms with Gasteiger partial charge in [-0.15, -0.1) is 5.10 Å². The summed E-state index contributed by atoms with van der Waals surface area (Å²) in [5, 5.41) is 12.7. The number of halogens is 1. The number of aromatic nitrogens is 2. The number of rotatable bonds is 4. The van der Waals surface area contributed by atoms with Crippen LogP contribution in [-0.2, 0) is 6.54 Å². The summed E-state index contributed by atoms with van der Waals surface area (Å²) < 4.78 is 18.6. The van der Waals surface area contributed by atoms with Crippen molar-refractivity contribution in [2.24, 2.45) is 0 Å². The summed E-state index contributed by atoms with van der Waals surface area (Å²) in [5.41, 5.74) is 0.759. The second kappa shape index (κ2) is 5.85. The molecule has 0 saturated carbocycles. The Hall–Kier alpha value is -1.53. The van der Waals surface area contributed by atoms with Gasteiger partial charge in [-0.2, -0.15) is 0 Å². The lowest BCUT2D eigenvalue weighted by Gasteiger charge is -2.19. The Kier molecular flexibility index (Phi) is 4.35. The maximum atomic E-state index is 13.0. The molecule has 4 nitrogen and oxygen atoms in total. The molecule has 0 saturated heterocycles. The van der Waals surface area contributed by atoms with Crippen molar-refractivity contribution >= 4 is 11.3 Å². The van der Waals surface area contributed by atoms with Crippen molar-refractivity contribution in [1.82, 2.24) is 15.5 Å². The van der Waals surface area contributed by atoms with Crippen molar-refractivity contribution in [1.29, 1.82) is 0 Å². The summed E-state index contributed by atoms with van der Waals surface area (Å²) in [6, 6.07) is 4.39. The van der Waals surface area contributed by atoms with Crippen LogP contribution in [0.4, 0.5) is 4.39 Å². The van der Waals surface area contributed by atoms with Crippen LogP contribution in [0, 0.1) is 12.7 Å². The maximum absolute atomic E-state index is 13.0. The fraction of sp³-hybridized carbons (Fsp3) is 0.429. The Bertz CT molecular complexity index is 592. The summed E-state index contributed by atoms with van der Waals surface area (Å²) >= 11 is 1.38. The lowest BCUT2D eigenvalue weighted by Crippen LogP contribution is -2.35. The van der Waals surface area contributed by atoms with E-state index in [9.17, 15) is 4.39 Å². The van der Waals surface area contributed by atoms with Gasteiger partial charge in [-0.25, -0.2) is 4.39 Å². The molecule has 0 radical (unpaired) electrons. The molecule has 1 N–H and O–H groups in total. The van der Waals surface area contributed by atoms with Crippen molar-refractivity contribution in [3.63, 3.8) is 0 Å². The summed E-state index contributed by atoms with van der Waals surface area (Å²) in [6.45, 7) is 8.71. The molecule has 0 atom stereocenters. The highest BCUT2D eigenvalue weighted by Crippen LogP contribution is 2.28. The van der Waals surface area contributed by atoms with E-state index in [4.69, 9.17) is 4.74 Å². The first-order chi connectivity index (χ1) is 9.33. The molecule has 0 spiro atoms. The van der Waals surface area contributed by atoms with Crippen molar-refractivity contribution in [3.05, 3.63) is 34.6 Å². The molecule has 0 unspecified atom stereocenters. The quantitative estimate of drug-likeness (QED) is 0.935. The van der Waals surface area contributed by atoms with E-state index in [1.54, 1.807) is 13.0 Å². The van der Waals surface area contributed by atoms with Gasteiger partial charge in [-0.05, 0) is 51.5 Å². The van der Waals surface area contributed by atoms with Crippen LogP contribution in [0.15, 0.2) is 18.2 Å². The Morgan fingerprint density at radius 2 is 2.05 bits per heavy atom. The van der Waals surface area contributed by atoms with Crippen LogP contribution < -0.4 is 10.1 Å². The van der Waals surface area contributed by atoms with E-state index in [1.807, 2.05) is 0 Å². The van der Waals surface area contributed by atoms with Crippen LogP contribution in [0.1, 0.15) is 31.3 Å². The summed E-state index contributed by atoms with van der Waals surface area (Å²) in [5.74, 6) is 0.320. The fourth-order valence-corrected chi connectivity index (χ4v) is 2.15. The Morgan fingerprint density at radius 1 is 1.30 bits per heavy atom. The number of nitrogens with zero attached hydrogens (tertiary/aromatic N) is 2. The predicted octanol–water partition coefficient (Wildman–Crippen LogP) is 3.67. The zero-order valence-electron chi connectivity index (χ0n) is 12.0. The van der Waals surface area contributed by atoms with Crippen LogP contribution in [-0.4, -0.2) is 15.7 Å². The van der Waals surface area contributed by atoms with E-state index in [2.05, 4.69) is 36.3 Å². The van der Waals surface area contributed by atoms with E-state index in [1.165, 1.54) is 23.5 Å². The third-order valence-corrected chi connectivity index (χ3v) is 3.35. The van der Waals surface area contributed by atoms with Crippen LogP contribution in [0.2, 0.25) is 0 Å². The predicted molar refractivity (Wildman–Crippen MR) is 77.7 cm³/mol. The first-order valence-electron chi connectivity index (χ1n) is 6.35. The van der Waals surface area contributed by atoms with Crippen molar-refractivity contribution in [2.75, 3.05) is 0 Å². The SMILES string of the molecule is Cc1cc(F)ccc1Oc1nnc(CNC(C)(C)C)s1. The minimum atomic E-state index is -0.276. The van der Waals surface area contributed by atoms with Gasteiger partial charge in [-0.3, -0.25) is 0 Å². The highest BCUT2D eigenvalue weighted by molar-refractivity contribution is 7.13. The molecule has 20 heavy (non-hydrogen) atoms.